The van der Waals surface area contributed by atoms with Gasteiger partial charge in [0, 0.05) is 0 Å². The van der Waals surface area contributed by atoms with E-state index in [2.05, 4.69) is 20.3 Å². The lowest BCUT2D eigenvalue weighted by Crippen LogP contribution is -2.06. The highest BCUT2D eigenvalue weighted by Gasteiger charge is 2.34. The number of aromatic nitrogens is 1. The Bertz CT molecular complexity index is 569. The Morgan fingerprint density at radius 1 is 1.33 bits per heavy atom. The van der Waals surface area contributed by atoms with Crippen LogP contribution in [0.1, 0.15) is 5.56 Å². The number of aromatic amines is 1. The second-order valence-electron chi connectivity index (χ2n) is 2.81. The highest BCUT2D eigenvalue weighted by Crippen LogP contribution is 2.35. The van der Waals surface area contributed by atoms with Crippen LogP contribution < -0.4 is 5.76 Å². The van der Waals surface area contributed by atoms with Crippen molar-refractivity contribution in [3.05, 3.63) is 32.7 Å². The number of H-pyrrole nitrogens is 1. The number of fused-ring (bicyclic) bond motifs is 1. The van der Waals surface area contributed by atoms with Crippen LogP contribution in [0.4, 0.5) is 13.2 Å². The third-order valence-corrected chi connectivity index (χ3v) is 2.46. The number of benzene rings is 1. The van der Waals surface area contributed by atoms with E-state index in [4.69, 9.17) is 0 Å². The molecular formula is C8H3BrF3NO2. The zero-order chi connectivity index (χ0) is 11.2. The van der Waals surface area contributed by atoms with E-state index in [9.17, 15) is 18.0 Å². The molecule has 0 aliphatic carbocycles. The summed E-state index contributed by atoms with van der Waals surface area (Å²) in [4.78, 5) is 12.8. The number of rotatable bonds is 0. The normalized spacial score (nSPS) is 12.3. The molecule has 0 spiro atoms. The number of hydrogen-bond acceptors (Lipinski definition) is 2. The van der Waals surface area contributed by atoms with Crippen LogP contribution in [0.15, 0.2) is 25.8 Å². The van der Waals surface area contributed by atoms with Crippen molar-refractivity contribution in [2.75, 3.05) is 0 Å². The van der Waals surface area contributed by atoms with Crippen molar-refractivity contribution >= 4 is 27.0 Å². The topological polar surface area (TPSA) is 46.0 Å². The van der Waals surface area contributed by atoms with Gasteiger partial charge in [0.15, 0.2) is 5.58 Å². The molecule has 0 unspecified atom stereocenters. The molecule has 1 aromatic heterocycles. The molecule has 1 N–H and O–H groups in total. The molecule has 15 heavy (non-hydrogen) atoms. The summed E-state index contributed by atoms with van der Waals surface area (Å²) in [6, 6.07) is 2.06. The quantitative estimate of drug-likeness (QED) is 0.807. The average molecular weight is 282 g/mol. The minimum Gasteiger partial charge on any atom is -0.407 e. The molecule has 0 fully saturated rings. The van der Waals surface area contributed by atoms with Crippen LogP contribution in [0.5, 0.6) is 0 Å². The van der Waals surface area contributed by atoms with Gasteiger partial charge in [0.2, 0.25) is 0 Å². The Kier molecular flexibility index (Phi) is 2.14. The van der Waals surface area contributed by atoms with Gasteiger partial charge in [0.1, 0.15) is 5.52 Å². The molecule has 1 aromatic carbocycles. The fraction of sp³-hybridized carbons (Fsp3) is 0.125. The third kappa shape index (κ3) is 1.67. The minimum atomic E-state index is -4.52. The maximum atomic E-state index is 12.5. The van der Waals surface area contributed by atoms with Crippen molar-refractivity contribution in [2.24, 2.45) is 0 Å². The summed E-state index contributed by atoms with van der Waals surface area (Å²) in [6.45, 7) is 0. The maximum absolute atomic E-state index is 12.5. The van der Waals surface area contributed by atoms with Crippen LogP contribution >= 0.6 is 15.9 Å². The Hall–Kier alpha value is -1.24. The van der Waals surface area contributed by atoms with E-state index in [1.807, 2.05) is 4.98 Å². The molecule has 3 nitrogen and oxygen atoms in total. The summed E-state index contributed by atoms with van der Waals surface area (Å²) in [6.07, 6.45) is -4.52. The minimum absolute atomic E-state index is 0.130. The van der Waals surface area contributed by atoms with E-state index < -0.39 is 17.5 Å². The molecule has 0 aliphatic rings. The van der Waals surface area contributed by atoms with E-state index in [1.165, 1.54) is 6.07 Å². The van der Waals surface area contributed by atoms with Gasteiger partial charge in [0.25, 0.3) is 0 Å². The first-order valence-electron chi connectivity index (χ1n) is 3.78. The van der Waals surface area contributed by atoms with Crippen LogP contribution in [0.3, 0.4) is 0 Å². The third-order valence-electron chi connectivity index (χ3n) is 1.84. The first-order chi connectivity index (χ1) is 6.89. The van der Waals surface area contributed by atoms with Crippen LogP contribution in [-0.4, -0.2) is 4.98 Å². The lowest BCUT2D eigenvalue weighted by molar-refractivity contribution is -0.136. The summed E-state index contributed by atoms with van der Waals surface area (Å²) in [5.74, 6) is -0.914. The van der Waals surface area contributed by atoms with Gasteiger partial charge >= 0.3 is 11.9 Å². The summed E-state index contributed by atoms with van der Waals surface area (Å²) in [5.41, 5.74) is -1.40. The Morgan fingerprint density at radius 2 is 2.00 bits per heavy atom. The summed E-state index contributed by atoms with van der Waals surface area (Å²) < 4.78 is 42.3. The molecule has 0 aliphatic heterocycles. The van der Waals surface area contributed by atoms with Crippen molar-refractivity contribution in [2.45, 2.75) is 6.18 Å². The fourth-order valence-electron chi connectivity index (χ4n) is 1.24. The van der Waals surface area contributed by atoms with E-state index in [-0.39, 0.29) is 11.1 Å². The zero-order valence-corrected chi connectivity index (χ0v) is 8.57. The van der Waals surface area contributed by atoms with Crippen molar-refractivity contribution < 1.29 is 17.6 Å². The highest BCUT2D eigenvalue weighted by molar-refractivity contribution is 9.10. The van der Waals surface area contributed by atoms with Gasteiger partial charge in [-0.15, -0.1) is 0 Å². The summed E-state index contributed by atoms with van der Waals surface area (Å²) >= 11 is 2.99. The van der Waals surface area contributed by atoms with Crippen molar-refractivity contribution in [1.29, 1.82) is 0 Å². The Morgan fingerprint density at radius 3 is 2.60 bits per heavy atom. The van der Waals surface area contributed by atoms with Crippen LogP contribution in [0.25, 0.3) is 11.1 Å². The molecule has 0 saturated carbocycles. The van der Waals surface area contributed by atoms with Crippen LogP contribution in [-0.2, 0) is 6.18 Å². The first-order valence-corrected chi connectivity index (χ1v) is 4.57. The maximum Gasteiger partial charge on any atom is 0.418 e. The number of hydrogen-bond donors (Lipinski definition) is 1. The second-order valence-corrected chi connectivity index (χ2v) is 3.67. The smallest absolute Gasteiger partial charge is 0.407 e. The van der Waals surface area contributed by atoms with Gasteiger partial charge in [-0.25, -0.2) is 4.79 Å². The average Bonchev–Trinajstić information content (AvgIpc) is 2.45. The lowest BCUT2D eigenvalue weighted by atomic mass is 10.2. The lowest BCUT2D eigenvalue weighted by Gasteiger charge is -2.06. The van der Waals surface area contributed by atoms with Gasteiger partial charge in [0.05, 0.1) is 10.0 Å². The monoisotopic (exact) mass is 281 g/mol. The Labute approximate surface area is 89.0 Å². The van der Waals surface area contributed by atoms with Crippen LogP contribution in [0.2, 0.25) is 0 Å². The molecule has 2 aromatic rings. The van der Waals surface area contributed by atoms with Gasteiger partial charge in [-0.3, -0.25) is 4.98 Å². The predicted octanol–water partition coefficient (Wildman–Crippen LogP) is 2.90. The predicted molar refractivity (Wildman–Crippen MR) is 49.5 cm³/mol. The second kappa shape index (κ2) is 3.13. The van der Waals surface area contributed by atoms with Crippen molar-refractivity contribution in [1.82, 2.24) is 4.98 Å². The van der Waals surface area contributed by atoms with Gasteiger partial charge in [-0.2, -0.15) is 13.2 Å². The molecule has 80 valence electrons. The first kappa shape index (κ1) is 10.3. The van der Waals surface area contributed by atoms with Gasteiger partial charge < -0.3 is 4.42 Å². The van der Waals surface area contributed by atoms with Crippen molar-refractivity contribution in [3.8, 4) is 0 Å². The molecule has 2 rings (SSSR count). The SMILES string of the molecule is O=c1[nH]c2c(C(F)(F)F)ccc(Br)c2o1. The molecule has 0 amide bonds. The van der Waals surface area contributed by atoms with Crippen LogP contribution in [0, 0.1) is 0 Å². The molecule has 0 atom stereocenters. The number of oxazole rings is 1. The summed E-state index contributed by atoms with van der Waals surface area (Å²) in [5, 5.41) is 0. The number of halogens is 4. The molecular weight excluding hydrogens is 279 g/mol. The molecule has 0 radical (unpaired) electrons. The molecule has 0 bridgehead atoms. The van der Waals surface area contributed by atoms with E-state index in [0.717, 1.165) is 6.07 Å². The number of nitrogens with one attached hydrogen (secondary N) is 1. The fourth-order valence-corrected chi connectivity index (χ4v) is 1.65. The largest absolute Gasteiger partial charge is 0.418 e. The van der Waals surface area contributed by atoms with E-state index in [0.29, 0.717) is 4.47 Å². The Balaban J connectivity index is 2.89. The number of alkyl halides is 3. The van der Waals surface area contributed by atoms with Crippen molar-refractivity contribution in [3.63, 3.8) is 0 Å². The molecule has 7 heteroatoms. The standard InChI is InChI=1S/C8H3BrF3NO2/c9-4-2-1-3(8(10,11)12)5-6(4)15-7(14)13-5/h1-2H,(H,13,14). The van der Waals surface area contributed by atoms with E-state index >= 15 is 0 Å². The summed E-state index contributed by atoms with van der Waals surface area (Å²) in [7, 11) is 0. The highest BCUT2D eigenvalue weighted by atomic mass is 79.9. The van der Waals surface area contributed by atoms with Gasteiger partial charge in [-0.05, 0) is 28.1 Å². The van der Waals surface area contributed by atoms with E-state index in [1.54, 1.807) is 0 Å². The zero-order valence-electron chi connectivity index (χ0n) is 6.98. The van der Waals surface area contributed by atoms with Gasteiger partial charge in [-0.1, -0.05) is 0 Å². The molecule has 1 heterocycles. The molecule has 0 saturated heterocycles.